The van der Waals surface area contributed by atoms with Crippen molar-refractivity contribution in [2.45, 2.75) is 57.4 Å². The zero-order chi connectivity index (χ0) is 12.4. The first-order valence-electron chi connectivity index (χ1n) is 7.92. The van der Waals surface area contributed by atoms with Gasteiger partial charge in [-0.15, -0.1) is 0 Å². The molecule has 0 amide bonds. The van der Waals surface area contributed by atoms with Crippen molar-refractivity contribution in [3.63, 3.8) is 0 Å². The van der Waals surface area contributed by atoms with Crippen molar-refractivity contribution in [1.82, 2.24) is 9.80 Å². The summed E-state index contributed by atoms with van der Waals surface area (Å²) in [5.41, 5.74) is 0. The lowest BCUT2D eigenvalue weighted by molar-refractivity contribution is 0.251. The van der Waals surface area contributed by atoms with Crippen molar-refractivity contribution in [1.29, 1.82) is 5.41 Å². The molecule has 0 aromatic carbocycles. The van der Waals surface area contributed by atoms with E-state index in [0.717, 1.165) is 25.0 Å². The second-order valence-electron chi connectivity index (χ2n) is 6.35. The zero-order valence-electron chi connectivity index (χ0n) is 11.5. The molecule has 2 saturated heterocycles. The maximum absolute atomic E-state index is 8.53. The molecule has 3 rings (SSSR count). The summed E-state index contributed by atoms with van der Waals surface area (Å²) in [5.74, 6) is 1.55. The highest BCUT2D eigenvalue weighted by Crippen LogP contribution is 2.28. The van der Waals surface area contributed by atoms with E-state index in [1.54, 1.807) is 0 Å². The summed E-state index contributed by atoms with van der Waals surface area (Å²) in [6.45, 7) is 4.83. The van der Waals surface area contributed by atoms with E-state index < -0.39 is 0 Å². The lowest BCUT2D eigenvalue weighted by Crippen LogP contribution is -2.42. The van der Waals surface area contributed by atoms with Crippen molar-refractivity contribution in [2.75, 3.05) is 26.2 Å². The molecular weight excluding hydrogens is 222 g/mol. The van der Waals surface area contributed by atoms with E-state index >= 15 is 0 Å². The smallest absolute Gasteiger partial charge is 0.0990 e. The van der Waals surface area contributed by atoms with Crippen LogP contribution >= 0.6 is 0 Å². The van der Waals surface area contributed by atoms with Crippen LogP contribution in [0.4, 0.5) is 0 Å². The van der Waals surface area contributed by atoms with E-state index in [0.29, 0.717) is 5.92 Å². The quantitative estimate of drug-likeness (QED) is 0.572. The lowest BCUT2D eigenvalue weighted by Gasteiger charge is -2.33. The van der Waals surface area contributed by atoms with Crippen molar-refractivity contribution >= 4 is 5.84 Å². The van der Waals surface area contributed by atoms with E-state index in [1.807, 2.05) is 0 Å². The van der Waals surface area contributed by atoms with Crippen LogP contribution in [0.3, 0.4) is 0 Å². The van der Waals surface area contributed by atoms with Gasteiger partial charge in [-0.1, -0.05) is 19.3 Å². The molecule has 2 heterocycles. The minimum absolute atomic E-state index is 0.576. The van der Waals surface area contributed by atoms with Gasteiger partial charge in [0.25, 0.3) is 0 Å². The fraction of sp³-hybridized carbons (Fsp3) is 0.933. The van der Waals surface area contributed by atoms with Gasteiger partial charge >= 0.3 is 0 Å². The first-order valence-corrected chi connectivity index (χ1v) is 7.92. The summed E-state index contributed by atoms with van der Waals surface area (Å²) in [6.07, 6.45) is 10.6. The molecule has 2 aliphatic heterocycles. The number of hydrogen-bond acceptors (Lipinski definition) is 2. The molecule has 0 radical (unpaired) electrons. The Morgan fingerprint density at radius 2 is 1.61 bits per heavy atom. The average Bonchev–Trinajstić information content (AvgIpc) is 2.76. The number of rotatable bonds is 1. The van der Waals surface area contributed by atoms with Gasteiger partial charge in [0.1, 0.15) is 0 Å². The van der Waals surface area contributed by atoms with Gasteiger partial charge in [-0.25, -0.2) is 0 Å². The minimum atomic E-state index is 0.576. The van der Waals surface area contributed by atoms with E-state index in [9.17, 15) is 0 Å². The predicted octanol–water partition coefficient (Wildman–Crippen LogP) is 2.71. The standard InChI is InChI=1S/C15H27N3/c16-15(13-6-2-1-3-7-13)18-11-5-10-17-9-4-8-14(17)12-18/h13-14,16H,1-12H2. The van der Waals surface area contributed by atoms with Gasteiger partial charge in [0.2, 0.25) is 0 Å². The first-order chi connectivity index (χ1) is 8.84. The number of nitrogens with one attached hydrogen (secondary N) is 1. The van der Waals surface area contributed by atoms with Gasteiger partial charge < -0.3 is 4.90 Å². The summed E-state index contributed by atoms with van der Waals surface area (Å²) in [6, 6.07) is 0.747. The second-order valence-corrected chi connectivity index (χ2v) is 6.35. The van der Waals surface area contributed by atoms with Crippen LogP contribution < -0.4 is 0 Å². The fourth-order valence-corrected chi connectivity index (χ4v) is 4.06. The molecule has 3 aliphatic rings. The molecule has 1 aliphatic carbocycles. The van der Waals surface area contributed by atoms with Gasteiger partial charge in [-0.2, -0.15) is 0 Å². The van der Waals surface area contributed by atoms with E-state index in [2.05, 4.69) is 9.80 Å². The fourth-order valence-electron chi connectivity index (χ4n) is 4.06. The van der Waals surface area contributed by atoms with Crippen LogP contribution in [0.2, 0.25) is 0 Å². The lowest BCUT2D eigenvalue weighted by atomic mass is 9.88. The minimum Gasteiger partial charge on any atom is -0.359 e. The van der Waals surface area contributed by atoms with E-state index in [4.69, 9.17) is 5.41 Å². The SMILES string of the molecule is N=C(C1CCCCC1)N1CCCN2CCCC2C1. The topological polar surface area (TPSA) is 30.3 Å². The van der Waals surface area contributed by atoms with Crippen LogP contribution in [0.5, 0.6) is 0 Å². The number of fused-ring (bicyclic) bond motifs is 1. The highest BCUT2D eigenvalue weighted by atomic mass is 15.3. The first kappa shape index (κ1) is 12.5. The molecule has 1 unspecified atom stereocenters. The van der Waals surface area contributed by atoms with Gasteiger partial charge in [-0.3, -0.25) is 10.3 Å². The van der Waals surface area contributed by atoms with Crippen molar-refractivity contribution in [3.05, 3.63) is 0 Å². The number of amidine groups is 1. The van der Waals surface area contributed by atoms with Gasteiger partial charge in [0.05, 0.1) is 5.84 Å². The van der Waals surface area contributed by atoms with Crippen LogP contribution in [0.15, 0.2) is 0 Å². The van der Waals surface area contributed by atoms with E-state index in [-0.39, 0.29) is 0 Å². The molecule has 0 bridgehead atoms. The summed E-state index contributed by atoms with van der Waals surface area (Å²) in [7, 11) is 0. The Morgan fingerprint density at radius 3 is 2.44 bits per heavy atom. The predicted molar refractivity (Wildman–Crippen MR) is 75.1 cm³/mol. The van der Waals surface area contributed by atoms with Crippen LogP contribution in [0.25, 0.3) is 0 Å². The molecular formula is C15H27N3. The third-order valence-corrected chi connectivity index (χ3v) is 5.14. The van der Waals surface area contributed by atoms with Gasteiger partial charge in [0, 0.05) is 31.6 Å². The normalized spacial score (nSPS) is 31.1. The maximum Gasteiger partial charge on any atom is 0.0990 e. The number of nitrogens with zero attached hydrogens (tertiary/aromatic N) is 2. The molecule has 0 aromatic rings. The van der Waals surface area contributed by atoms with Crippen LogP contribution in [0, 0.1) is 11.3 Å². The molecule has 18 heavy (non-hydrogen) atoms. The van der Waals surface area contributed by atoms with Gasteiger partial charge in [-0.05, 0) is 38.6 Å². The second kappa shape index (κ2) is 5.60. The molecule has 102 valence electrons. The number of hydrogen-bond donors (Lipinski definition) is 1. The monoisotopic (exact) mass is 249 g/mol. The molecule has 0 aromatic heterocycles. The highest BCUT2D eigenvalue weighted by Gasteiger charge is 2.31. The molecule has 0 spiro atoms. The summed E-state index contributed by atoms with van der Waals surface area (Å²) in [4.78, 5) is 5.08. The molecule has 1 saturated carbocycles. The highest BCUT2D eigenvalue weighted by molar-refractivity contribution is 5.81. The Kier molecular flexibility index (Phi) is 3.88. The van der Waals surface area contributed by atoms with Crippen molar-refractivity contribution < 1.29 is 0 Å². The Labute approximate surface area is 111 Å². The van der Waals surface area contributed by atoms with Crippen LogP contribution in [-0.2, 0) is 0 Å². The van der Waals surface area contributed by atoms with Crippen molar-refractivity contribution in [3.8, 4) is 0 Å². The summed E-state index contributed by atoms with van der Waals surface area (Å²) >= 11 is 0. The Balaban J connectivity index is 1.61. The van der Waals surface area contributed by atoms with Crippen LogP contribution in [-0.4, -0.2) is 47.9 Å². The zero-order valence-corrected chi connectivity index (χ0v) is 11.5. The third kappa shape index (κ3) is 2.56. The van der Waals surface area contributed by atoms with Crippen molar-refractivity contribution in [2.24, 2.45) is 5.92 Å². The molecule has 3 nitrogen and oxygen atoms in total. The Hall–Kier alpha value is -0.570. The Bertz CT molecular complexity index is 296. The molecule has 3 fully saturated rings. The summed E-state index contributed by atoms with van der Waals surface area (Å²) in [5, 5.41) is 8.53. The largest absolute Gasteiger partial charge is 0.359 e. The Morgan fingerprint density at radius 1 is 0.833 bits per heavy atom. The molecule has 1 N–H and O–H groups in total. The van der Waals surface area contributed by atoms with E-state index in [1.165, 1.54) is 64.5 Å². The maximum atomic E-state index is 8.53. The van der Waals surface area contributed by atoms with Gasteiger partial charge in [0.15, 0.2) is 0 Å². The summed E-state index contributed by atoms with van der Waals surface area (Å²) < 4.78 is 0. The average molecular weight is 249 g/mol. The third-order valence-electron chi connectivity index (χ3n) is 5.14. The molecule has 1 atom stereocenters. The molecule has 3 heteroatoms. The van der Waals surface area contributed by atoms with Crippen LogP contribution in [0.1, 0.15) is 51.4 Å².